The quantitative estimate of drug-likeness (QED) is 0.183. The van der Waals surface area contributed by atoms with Crippen LogP contribution in [-0.4, -0.2) is 68.2 Å². The second kappa shape index (κ2) is 14.4. The standard InChI is InChI=1S/C31H33ClF7N3O6S/c1-15(2)13-41-18-5-8-23(16(11-18)14-49(46,47)19-6-3-17(32)4-7-19)42-10-9-20(28(42)44)24-21(27(40)43)12-22(30(34,35)36)26(25(24)33)48-29(45)31(37,38)39/h3-4,6-7,12,15-16,18,20,23,41H,5,8-11,13-14H2,1-2H3,(H2,40,43)/t16-,18+,20-,23-/m0/s1. The third kappa shape index (κ3) is 8.66. The Hall–Kier alpha value is -3.44. The average Bonchev–Trinajstić information content (AvgIpc) is 3.35. The van der Waals surface area contributed by atoms with Gasteiger partial charge in [0, 0.05) is 34.8 Å². The molecular formula is C31H33ClF7N3O6S. The number of carbonyl (C=O) groups excluding carboxylic acids is 3. The highest BCUT2D eigenvalue weighted by molar-refractivity contribution is 7.91. The van der Waals surface area contributed by atoms with Gasteiger partial charge in [-0.3, -0.25) is 9.59 Å². The van der Waals surface area contributed by atoms with Gasteiger partial charge in [0.15, 0.2) is 21.4 Å². The van der Waals surface area contributed by atoms with Crippen molar-refractivity contribution in [3.05, 3.63) is 57.9 Å². The van der Waals surface area contributed by atoms with Gasteiger partial charge in [0.2, 0.25) is 11.8 Å². The van der Waals surface area contributed by atoms with Crippen molar-refractivity contribution in [2.45, 2.75) is 74.8 Å². The van der Waals surface area contributed by atoms with Gasteiger partial charge < -0.3 is 20.7 Å². The highest BCUT2D eigenvalue weighted by Crippen LogP contribution is 2.45. The molecule has 49 heavy (non-hydrogen) atoms. The van der Waals surface area contributed by atoms with E-state index in [4.69, 9.17) is 17.3 Å². The van der Waals surface area contributed by atoms with Crippen molar-refractivity contribution in [1.29, 1.82) is 0 Å². The summed E-state index contributed by atoms with van der Waals surface area (Å²) in [5.74, 6) is -12.6. The van der Waals surface area contributed by atoms with Crippen LogP contribution in [0.25, 0.3) is 0 Å². The zero-order valence-corrected chi connectivity index (χ0v) is 27.7. The summed E-state index contributed by atoms with van der Waals surface area (Å²) in [5.41, 5.74) is 0.842. The lowest BCUT2D eigenvalue weighted by Crippen LogP contribution is -2.51. The maximum Gasteiger partial charge on any atom is 0.491 e. The van der Waals surface area contributed by atoms with Crippen molar-refractivity contribution in [1.82, 2.24) is 10.2 Å². The minimum Gasteiger partial charge on any atom is -0.416 e. The summed E-state index contributed by atoms with van der Waals surface area (Å²) in [4.78, 5) is 39.0. The lowest BCUT2D eigenvalue weighted by Gasteiger charge is -2.41. The molecule has 2 aromatic rings. The van der Waals surface area contributed by atoms with Gasteiger partial charge in [-0.1, -0.05) is 25.4 Å². The first-order chi connectivity index (χ1) is 22.6. The van der Waals surface area contributed by atoms with Gasteiger partial charge in [-0.2, -0.15) is 26.3 Å². The van der Waals surface area contributed by atoms with E-state index < -0.39 is 91.9 Å². The molecule has 1 saturated heterocycles. The Labute approximate surface area is 282 Å². The number of halogens is 8. The monoisotopic (exact) mass is 743 g/mol. The molecule has 1 aliphatic heterocycles. The van der Waals surface area contributed by atoms with Crippen molar-refractivity contribution in [2.24, 2.45) is 17.6 Å². The number of nitrogens with two attached hydrogens (primary N) is 1. The van der Waals surface area contributed by atoms with Crippen LogP contribution in [0.2, 0.25) is 5.02 Å². The Bertz CT molecular complexity index is 1700. The minimum absolute atomic E-state index is 0.0163. The Kier molecular flexibility index (Phi) is 11.3. The van der Waals surface area contributed by atoms with Gasteiger partial charge in [-0.25, -0.2) is 17.6 Å². The molecule has 0 bridgehead atoms. The SMILES string of the molecule is CC(C)CN[C@@H]1CC[C@H](N2CC[C@@H](c3c(C(N)=O)cc(C(F)(F)F)c(OC(=O)C(F)(F)F)c3F)C2=O)[C@H](CS(=O)(=O)c2ccc(Cl)cc2)C1. The number of primary amides is 1. The van der Waals surface area contributed by atoms with Crippen LogP contribution < -0.4 is 15.8 Å². The fourth-order valence-electron chi connectivity index (χ4n) is 6.40. The number of hydrogen-bond acceptors (Lipinski definition) is 7. The van der Waals surface area contributed by atoms with Gasteiger partial charge in [-0.05, 0) is 74.4 Å². The van der Waals surface area contributed by atoms with Crippen molar-refractivity contribution >= 4 is 39.2 Å². The second-order valence-electron chi connectivity index (χ2n) is 12.5. The fraction of sp³-hybridized carbons (Fsp3) is 0.516. The molecule has 18 heteroatoms. The summed E-state index contributed by atoms with van der Waals surface area (Å²) in [6.45, 7) is 4.44. The molecule has 9 nitrogen and oxygen atoms in total. The number of benzene rings is 2. The number of hydrogen-bond donors (Lipinski definition) is 2. The number of amides is 2. The minimum atomic E-state index is -5.82. The Morgan fingerprint density at radius 1 is 1.08 bits per heavy atom. The van der Waals surface area contributed by atoms with Gasteiger partial charge in [0.25, 0.3) is 0 Å². The third-order valence-corrected chi connectivity index (χ3v) is 10.7. The molecule has 2 aromatic carbocycles. The van der Waals surface area contributed by atoms with E-state index in [0.717, 1.165) is 0 Å². The predicted molar refractivity (Wildman–Crippen MR) is 162 cm³/mol. The number of nitrogens with zero attached hydrogens (tertiary/aromatic N) is 1. The lowest BCUT2D eigenvalue weighted by atomic mass is 9.81. The molecule has 2 fully saturated rings. The second-order valence-corrected chi connectivity index (χ2v) is 15.0. The third-order valence-electron chi connectivity index (χ3n) is 8.61. The molecule has 0 radical (unpaired) electrons. The lowest BCUT2D eigenvalue weighted by molar-refractivity contribution is -0.190. The molecule has 1 heterocycles. The largest absolute Gasteiger partial charge is 0.491 e. The van der Waals surface area contributed by atoms with Crippen molar-refractivity contribution in [3.63, 3.8) is 0 Å². The van der Waals surface area contributed by atoms with Gasteiger partial charge in [-0.15, -0.1) is 0 Å². The summed E-state index contributed by atoms with van der Waals surface area (Å²) in [6.07, 6.45) is -10.7. The van der Waals surface area contributed by atoms with Crippen molar-refractivity contribution < 1.29 is 58.3 Å². The molecule has 0 unspecified atom stereocenters. The van der Waals surface area contributed by atoms with Crippen LogP contribution in [0.3, 0.4) is 0 Å². The highest BCUT2D eigenvalue weighted by Gasteiger charge is 2.49. The summed E-state index contributed by atoms with van der Waals surface area (Å²) >= 11 is 5.92. The van der Waals surface area contributed by atoms with E-state index >= 15 is 4.39 Å². The highest BCUT2D eigenvalue weighted by atomic mass is 35.5. The number of esters is 1. The number of alkyl halides is 6. The molecule has 4 atom stereocenters. The number of likely N-dealkylation sites (tertiary alicyclic amines) is 1. The number of ether oxygens (including phenoxy) is 1. The maximum absolute atomic E-state index is 15.9. The Morgan fingerprint density at radius 2 is 1.71 bits per heavy atom. The van der Waals surface area contributed by atoms with E-state index in [-0.39, 0.29) is 42.3 Å². The number of sulfone groups is 1. The number of rotatable bonds is 10. The first-order valence-electron chi connectivity index (χ1n) is 15.2. The topological polar surface area (TPSA) is 136 Å². The van der Waals surface area contributed by atoms with Gasteiger partial charge in [0.1, 0.15) is 5.56 Å². The first kappa shape index (κ1) is 38.4. The summed E-state index contributed by atoms with van der Waals surface area (Å²) in [5, 5.41) is 3.70. The number of carbonyl (C=O) groups is 3. The molecular weight excluding hydrogens is 711 g/mol. The van der Waals surface area contributed by atoms with E-state index in [1.54, 1.807) is 0 Å². The van der Waals surface area contributed by atoms with E-state index in [0.29, 0.717) is 24.4 Å². The molecule has 2 amide bonds. The van der Waals surface area contributed by atoms with Crippen LogP contribution >= 0.6 is 11.6 Å². The van der Waals surface area contributed by atoms with Crippen LogP contribution in [0.4, 0.5) is 30.7 Å². The van der Waals surface area contributed by atoms with Crippen molar-refractivity contribution in [2.75, 3.05) is 18.8 Å². The molecule has 3 N–H and O–H groups in total. The Balaban J connectivity index is 1.73. The zero-order valence-electron chi connectivity index (χ0n) is 26.1. The Morgan fingerprint density at radius 3 is 2.27 bits per heavy atom. The first-order valence-corrected chi connectivity index (χ1v) is 17.2. The van der Waals surface area contributed by atoms with Crippen LogP contribution in [0.1, 0.15) is 66.9 Å². The molecule has 1 saturated carbocycles. The molecule has 0 spiro atoms. The normalized spacial score (nSPS) is 22.1. The summed E-state index contributed by atoms with van der Waals surface area (Å²) in [7, 11) is -3.94. The van der Waals surface area contributed by atoms with Crippen LogP contribution in [-0.2, 0) is 25.6 Å². The van der Waals surface area contributed by atoms with E-state index in [1.807, 2.05) is 13.8 Å². The van der Waals surface area contributed by atoms with Crippen LogP contribution in [0, 0.1) is 17.7 Å². The van der Waals surface area contributed by atoms with Crippen LogP contribution in [0.15, 0.2) is 35.2 Å². The van der Waals surface area contributed by atoms with E-state index in [2.05, 4.69) is 10.1 Å². The van der Waals surface area contributed by atoms with Crippen molar-refractivity contribution in [3.8, 4) is 5.75 Å². The molecule has 4 rings (SSSR count). The van der Waals surface area contributed by atoms with Gasteiger partial charge in [0.05, 0.1) is 16.6 Å². The summed E-state index contributed by atoms with van der Waals surface area (Å²) in [6, 6.07) is 4.55. The zero-order chi connectivity index (χ0) is 36.6. The molecule has 2 aliphatic rings. The molecule has 0 aromatic heterocycles. The van der Waals surface area contributed by atoms with E-state index in [9.17, 15) is 49.1 Å². The fourth-order valence-corrected chi connectivity index (χ4v) is 8.19. The smallest absolute Gasteiger partial charge is 0.416 e. The average molecular weight is 744 g/mol. The molecule has 270 valence electrons. The maximum atomic E-state index is 15.9. The molecule has 1 aliphatic carbocycles. The van der Waals surface area contributed by atoms with Gasteiger partial charge >= 0.3 is 18.3 Å². The predicted octanol–water partition coefficient (Wildman–Crippen LogP) is 5.64. The van der Waals surface area contributed by atoms with Crippen LogP contribution in [0.5, 0.6) is 5.75 Å². The van der Waals surface area contributed by atoms with E-state index in [1.165, 1.54) is 29.2 Å². The number of nitrogens with one attached hydrogen (secondary N) is 1. The summed E-state index contributed by atoms with van der Waals surface area (Å²) < 4.78 is 127.